The van der Waals surface area contributed by atoms with E-state index in [0.29, 0.717) is 0 Å². The Labute approximate surface area is 202 Å². The molecule has 0 saturated heterocycles. The largest absolute Gasteiger partial charge is 0.465 e. The van der Waals surface area contributed by atoms with Gasteiger partial charge in [-0.15, -0.1) is 0 Å². The number of amides is 1. The van der Waals surface area contributed by atoms with E-state index < -0.39 is 6.09 Å². The molecule has 7 heteroatoms. The van der Waals surface area contributed by atoms with Crippen LogP contribution in [0.15, 0.2) is 48.9 Å². The Morgan fingerprint density at radius 2 is 2.12 bits per heavy atom. The van der Waals surface area contributed by atoms with Gasteiger partial charge in [0.2, 0.25) is 0 Å². The third-order valence-electron chi connectivity index (χ3n) is 6.92. The average Bonchev–Trinajstić information content (AvgIpc) is 3.21. The molecule has 0 bridgehead atoms. The van der Waals surface area contributed by atoms with Gasteiger partial charge in [0.15, 0.2) is 0 Å². The lowest BCUT2D eigenvalue weighted by Gasteiger charge is -2.35. The van der Waals surface area contributed by atoms with Gasteiger partial charge in [-0.3, -0.25) is 9.88 Å². The summed E-state index contributed by atoms with van der Waals surface area (Å²) in [6.07, 6.45) is 11.3. The SMILES string of the molecule is CC(C)(C)C(CCCCN(Cc1cn2ccccc2n1)C1CCCc2cccnc21)NC(=O)O. The molecule has 2 N–H and O–H groups in total. The Bertz CT molecular complexity index is 1070. The van der Waals surface area contributed by atoms with Gasteiger partial charge in [-0.05, 0) is 67.8 Å². The quantitative estimate of drug-likeness (QED) is 0.412. The lowest BCUT2D eigenvalue weighted by Crippen LogP contribution is -2.43. The minimum Gasteiger partial charge on any atom is -0.465 e. The number of carboxylic acid groups (broad SMARTS) is 1. The van der Waals surface area contributed by atoms with Crippen molar-refractivity contribution in [3.05, 3.63) is 65.9 Å². The van der Waals surface area contributed by atoms with Crippen LogP contribution in [0.25, 0.3) is 5.65 Å². The lowest BCUT2D eigenvalue weighted by atomic mass is 9.83. The zero-order chi connectivity index (χ0) is 24.1. The van der Waals surface area contributed by atoms with Crippen LogP contribution in [0.2, 0.25) is 0 Å². The fourth-order valence-electron chi connectivity index (χ4n) is 5.09. The molecule has 4 rings (SSSR count). The highest BCUT2D eigenvalue weighted by Gasteiger charge is 2.29. The van der Waals surface area contributed by atoms with Crippen LogP contribution in [0.4, 0.5) is 4.79 Å². The molecule has 0 fully saturated rings. The van der Waals surface area contributed by atoms with Crippen LogP contribution in [0.5, 0.6) is 0 Å². The second-order valence-electron chi connectivity index (χ2n) is 10.5. The molecule has 0 saturated carbocycles. The van der Waals surface area contributed by atoms with E-state index in [1.54, 1.807) is 0 Å². The third-order valence-corrected chi connectivity index (χ3v) is 6.92. The van der Waals surface area contributed by atoms with Crippen LogP contribution in [-0.2, 0) is 13.0 Å². The molecule has 3 heterocycles. The fraction of sp³-hybridized carbons (Fsp3) is 0.519. The van der Waals surface area contributed by atoms with Crippen molar-refractivity contribution in [3.63, 3.8) is 0 Å². The highest BCUT2D eigenvalue weighted by Crippen LogP contribution is 2.34. The van der Waals surface area contributed by atoms with Crippen molar-refractivity contribution in [3.8, 4) is 0 Å². The number of aromatic nitrogens is 3. The van der Waals surface area contributed by atoms with Gasteiger partial charge in [-0.2, -0.15) is 0 Å². The highest BCUT2D eigenvalue weighted by atomic mass is 16.4. The van der Waals surface area contributed by atoms with Gasteiger partial charge in [-0.1, -0.05) is 39.3 Å². The lowest BCUT2D eigenvalue weighted by molar-refractivity contribution is 0.154. The number of hydrogen-bond donors (Lipinski definition) is 2. The highest BCUT2D eigenvalue weighted by molar-refractivity contribution is 5.64. The number of hydrogen-bond acceptors (Lipinski definition) is 4. The Morgan fingerprint density at radius 3 is 2.88 bits per heavy atom. The summed E-state index contributed by atoms with van der Waals surface area (Å²) >= 11 is 0. The molecule has 0 spiro atoms. The molecule has 3 aromatic rings. The molecule has 1 aliphatic rings. The number of rotatable bonds is 9. The van der Waals surface area contributed by atoms with E-state index in [0.717, 1.165) is 56.5 Å². The van der Waals surface area contributed by atoms with Gasteiger partial charge in [-0.25, -0.2) is 9.78 Å². The normalized spacial score (nSPS) is 17.0. The predicted molar refractivity (Wildman–Crippen MR) is 134 cm³/mol. The van der Waals surface area contributed by atoms with Crippen molar-refractivity contribution in [2.45, 2.75) is 77.9 Å². The molecule has 1 aliphatic carbocycles. The number of imidazole rings is 1. The van der Waals surface area contributed by atoms with Gasteiger partial charge >= 0.3 is 6.09 Å². The number of aryl methyl sites for hydroxylation is 1. The number of fused-ring (bicyclic) bond motifs is 2. The van der Waals surface area contributed by atoms with Crippen molar-refractivity contribution in [1.82, 2.24) is 24.6 Å². The maximum Gasteiger partial charge on any atom is 0.404 e. The Kier molecular flexibility index (Phi) is 7.51. The van der Waals surface area contributed by atoms with Crippen LogP contribution in [0.3, 0.4) is 0 Å². The summed E-state index contributed by atoms with van der Waals surface area (Å²) in [4.78, 5) is 23.4. The third kappa shape index (κ3) is 5.95. The molecule has 0 aromatic carbocycles. The molecule has 2 atom stereocenters. The van der Waals surface area contributed by atoms with Crippen molar-refractivity contribution in [2.24, 2.45) is 5.41 Å². The van der Waals surface area contributed by atoms with E-state index in [-0.39, 0.29) is 17.5 Å². The van der Waals surface area contributed by atoms with Crippen molar-refractivity contribution in [2.75, 3.05) is 6.54 Å². The van der Waals surface area contributed by atoms with Crippen LogP contribution < -0.4 is 5.32 Å². The van der Waals surface area contributed by atoms with Crippen LogP contribution in [0.1, 0.15) is 75.9 Å². The second-order valence-corrected chi connectivity index (χ2v) is 10.5. The molecule has 3 aromatic heterocycles. The molecule has 182 valence electrons. The van der Waals surface area contributed by atoms with Crippen LogP contribution in [-0.4, -0.2) is 43.1 Å². The molecule has 0 aliphatic heterocycles. The monoisotopic (exact) mass is 463 g/mol. The van der Waals surface area contributed by atoms with Gasteiger partial charge in [0, 0.05) is 31.2 Å². The zero-order valence-electron chi connectivity index (χ0n) is 20.6. The maximum atomic E-state index is 11.3. The Balaban J connectivity index is 1.48. The van der Waals surface area contributed by atoms with Crippen molar-refractivity contribution >= 4 is 11.7 Å². The first kappa shape index (κ1) is 24.2. The maximum absolute atomic E-state index is 11.3. The van der Waals surface area contributed by atoms with E-state index >= 15 is 0 Å². The number of nitrogens with zero attached hydrogens (tertiary/aromatic N) is 4. The van der Waals surface area contributed by atoms with Gasteiger partial charge < -0.3 is 14.8 Å². The molecule has 2 unspecified atom stereocenters. The van der Waals surface area contributed by atoms with Crippen LogP contribution in [0, 0.1) is 5.41 Å². The molecule has 0 radical (unpaired) electrons. The Hall–Kier alpha value is -2.93. The van der Waals surface area contributed by atoms with Gasteiger partial charge in [0.1, 0.15) is 5.65 Å². The first-order valence-electron chi connectivity index (χ1n) is 12.4. The van der Waals surface area contributed by atoms with E-state index in [4.69, 9.17) is 9.97 Å². The van der Waals surface area contributed by atoms with Gasteiger partial charge in [0.25, 0.3) is 0 Å². The average molecular weight is 464 g/mol. The summed E-state index contributed by atoms with van der Waals surface area (Å²) in [5, 5.41) is 12.0. The van der Waals surface area contributed by atoms with E-state index in [1.807, 2.05) is 36.7 Å². The first-order valence-corrected chi connectivity index (χ1v) is 12.4. The standard InChI is InChI=1S/C27H37N5O2/c1-27(2,3)23(30-26(33)34)13-4-6-16-31(18-21-19-32-17-7-5-14-24(32)29-21)22-12-8-10-20-11-9-15-28-25(20)22/h5,7,9,11,14-15,17,19,22-23,30H,4,6,8,10,12-13,16,18H2,1-3H3,(H,33,34). The summed E-state index contributed by atoms with van der Waals surface area (Å²) in [7, 11) is 0. The molecule has 34 heavy (non-hydrogen) atoms. The summed E-state index contributed by atoms with van der Waals surface area (Å²) in [5.41, 5.74) is 4.48. The first-order chi connectivity index (χ1) is 16.3. The second kappa shape index (κ2) is 10.6. The predicted octanol–water partition coefficient (Wildman–Crippen LogP) is 5.46. The minimum atomic E-state index is -0.946. The smallest absolute Gasteiger partial charge is 0.404 e. The van der Waals surface area contributed by atoms with Gasteiger partial charge in [0.05, 0.1) is 17.4 Å². The fourth-order valence-corrected chi connectivity index (χ4v) is 5.09. The summed E-state index contributed by atoms with van der Waals surface area (Å²) in [5.74, 6) is 0. The number of unbranched alkanes of at least 4 members (excludes halogenated alkanes) is 1. The van der Waals surface area contributed by atoms with Crippen molar-refractivity contribution in [1.29, 1.82) is 0 Å². The minimum absolute atomic E-state index is 0.0611. The number of carbonyl (C=O) groups is 1. The molecular formula is C27H37N5O2. The summed E-state index contributed by atoms with van der Waals surface area (Å²) in [6.45, 7) is 7.98. The van der Waals surface area contributed by atoms with E-state index in [1.165, 1.54) is 17.7 Å². The van der Waals surface area contributed by atoms with Crippen LogP contribution >= 0.6 is 0 Å². The summed E-state index contributed by atoms with van der Waals surface area (Å²) < 4.78 is 2.08. The van der Waals surface area contributed by atoms with E-state index in [9.17, 15) is 9.90 Å². The zero-order valence-corrected chi connectivity index (χ0v) is 20.6. The van der Waals surface area contributed by atoms with Crippen molar-refractivity contribution < 1.29 is 9.90 Å². The summed E-state index contributed by atoms with van der Waals surface area (Å²) in [6, 6.07) is 10.5. The number of pyridine rings is 2. The molecule has 1 amide bonds. The molecular weight excluding hydrogens is 426 g/mol. The topological polar surface area (TPSA) is 82.8 Å². The van der Waals surface area contributed by atoms with E-state index in [2.05, 4.69) is 47.7 Å². The molecule has 7 nitrogen and oxygen atoms in total. The number of nitrogens with one attached hydrogen (secondary N) is 1. The Morgan fingerprint density at radius 1 is 1.26 bits per heavy atom.